The summed E-state index contributed by atoms with van der Waals surface area (Å²) in [6.07, 6.45) is -4.91. The molecule has 11 heteroatoms. The standard InChI is InChI=1S/C55H25F3N8/c56-55(57,58)48-21-34(28-61)11-16-42(48)47-25-51(65-49-7-3-1-5-43(49)45-17-12-35(22-52(45)65)40-14-9-32(26-59)19-37(40)29-62)39(31-64)24-54(47)66-50-8-4-2-6-44(50)46-18-13-36(23-53(46)66)41-15-10-33(27-60)20-38(41)30-63/h1-25H. The Balaban J connectivity index is 1.34. The maximum Gasteiger partial charge on any atom is 0.417 e. The van der Waals surface area contributed by atoms with Crippen LogP contribution in [0.2, 0.25) is 0 Å². The second-order valence-corrected chi connectivity index (χ2v) is 15.5. The van der Waals surface area contributed by atoms with Gasteiger partial charge in [0.05, 0.1) is 103 Å². The molecule has 0 fully saturated rings. The number of halogens is 3. The molecule has 0 atom stereocenters. The molecular formula is C55H25F3N8. The summed E-state index contributed by atoms with van der Waals surface area (Å²) in [6.45, 7) is 0. The van der Waals surface area contributed by atoms with Crippen LogP contribution in [0.4, 0.5) is 13.2 Å². The summed E-state index contributed by atoms with van der Waals surface area (Å²) >= 11 is 0. The Bertz CT molecular complexity index is 4020. The lowest BCUT2D eigenvalue weighted by Gasteiger charge is -2.21. The van der Waals surface area contributed by atoms with Crippen LogP contribution in [-0.2, 0) is 6.18 Å². The first-order valence-corrected chi connectivity index (χ1v) is 20.2. The molecule has 8 aromatic carbocycles. The Morgan fingerprint density at radius 3 is 1.26 bits per heavy atom. The van der Waals surface area contributed by atoms with Crippen molar-refractivity contribution in [2.24, 2.45) is 0 Å². The van der Waals surface area contributed by atoms with Crippen LogP contribution >= 0.6 is 0 Å². The monoisotopic (exact) mass is 854 g/mol. The third-order valence-corrected chi connectivity index (χ3v) is 12.0. The first kappa shape index (κ1) is 40.2. The van der Waals surface area contributed by atoms with Crippen LogP contribution in [0.5, 0.6) is 0 Å². The molecule has 8 nitrogen and oxygen atoms in total. The van der Waals surface area contributed by atoms with Crippen LogP contribution in [-0.4, -0.2) is 9.13 Å². The Morgan fingerprint density at radius 2 is 0.788 bits per heavy atom. The highest BCUT2D eigenvalue weighted by molar-refractivity contribution is 6.12. The number of hydrogen-bond acceptors (Lipinski definition) is 6. The van der Waals surface area contributed by atoms with Crippen LogP contribution in [0.25, 0.3) is 88.4 Å². The van der Waals surface area contributed by atoms with E-state index in [0.717, 1.165) is 27.6 Å². The van der Waals surface area contributed by atoms with Gasteiger partial charge in [0.2, 0.25) is 0 Å². The van der Waals surface area contributed by atoms with E-state index in [1.807, 2.05) is 100 Å². The van der Waals surface area contributed by atoms with Gasteiger partial charge in [-0.1, -0.05) is 78.9 Å². The molecule has 306 valence electrons. The van der Waals surface area contributed by atoms with E-state index in [1.54, 1.807) is 36.4 Å². The van der Waals surface area contributed by atoms with Crippen molar-refractivity contribution < 1.29 is 13.2 Å². The van der Waals surface area contributed by atoms with Crippen molar-refractivity contribution in [3.63, 3.8) is 0 Å². The quantitative estimate of drug-likeness (QED) is 0.168. The van der Waals surface area contributed by atoms with Crippen LogP contribution < -0.4 is 0 Å². The first-order chi connectivity index (χ1) is 32.1. The van der Waals surface area contributed by atoms with E-state index in [2.05, 4.69) is 30.3 Å². The van der Waals surface area contributed by atoms with E-state index in [9.17, 15) is 31.6 Å². The fraction of sp³-hybridized carbons (Fsp3) is 0.0182. The summed E-state index contributed by atoms with van der Waals surface area (Å²) in [4.78, 5) is 0. The minimum Gasteiger partial charge on any atom is -0.309 e. The van der Waals surface area contributed by atoms with Crippen molar-refractivity contribution in [2.75, 3.05) is 0 Å². The van der Waals surface area contributed by atoms with Crippen LogP contribution in [0.15, 0.2) is 152 Å². The maximum atomic E-state index is 15.4. The lowest BCUT2D eigenvalue weighted by atomic mass is 9.93. The zero-order valence-corrected chi connectivity index (χ0v) is 34.1. The summed E-state index contributed by atoms with van der Waals surface area (Å²) in [5.74, 6) is 0. The molecule has 0 aliphatic rings. The summed E-state index contributed by atoms with van der Waals surface area (Å²) in [6, 6.07) is 55.0. The van der Waals surface area contributed by atoms with Gasteiger partial charge < -0.3 is 9.13 Å². The number of rotatable bonds is 5. The van der Waals surface area contributed by atoms with E-state index in [1.165, 1.54) is 24.3 Å². The molecule has 0 spiro atoms. The summed E-state index contributed by atoms with van der Waals surface area (Å²) < 4.78 is 49.8. The highest BCUT2D eigenvalue weighted by Gasteiger charge is 2.35. The molecule has 0 N–H and O–H groups in total. The normalized spacial score (nSPS) is 11.2. The lowest BCUT2D eigenvalue weighted by Crippen LogP contribution is -2.10. The highest BCUT2D eigenvalue weighted by atomic mass is 19.4. The molecule has 0 bridgehead atoms. The third kappa shape index (κ3) is 6.34. The number of hydrogen-bond donors (Lipinski definition) is 0. The van der Waals surface area contributed by atoms with Crippen molar-refractivity contribution in [3.8, 4) is 81.2 Å². The van der Waals surface area contributed by atoms with Crippen LogP contribution in [0.3, 0.4) is 0 Å². The van der Waals surface area contributed by atoms with Crippen LogP contribution in [0, 0.1) is 68.0 Å². The van der Waals surface area contributed by atoms with Crippen LogP contribution in [0.1, 0.15) is 38.9 Å². The predicted octanol–water partition coefficient (Wildman–Crippen LogP) is 13.1. The van der Waals surface area contributed by atoms with Crippen molar-refractivity contribution in [1.82, 2.24) is 9.13 Å². The van der Waals surface area contributed by atoms with Gasteiger partial charge in [-0.3, -0.25) is 0 Å². The van der Waals surface area contributed by atoms with E-state index < -0.39 is 11.7 Å². The Kier molecular flexibility index (Phi) is 9.41. The van der Waals surface area contributed by atoms with Gasteiger partial charge in [-0.15, -0.1) is 0 Å². The Labute approximate surface area is 374 Å². The second-order valence-electron chi connectivity index (χ2n) is 15.5. The minimum atomic E-state index is -4.91. The summed E-state index contributed by atoms with van der Waals surface area (Å²) in [5.41, 5.74) is 5.25. The summed E-state index contributed by atoms with van der Waals surface area (Å²) in [5, 5.41) is 63.4. The van der Waals surface area contributed by atoms with E-state index in [4.69, 9.17) is 0 Å². The smallest absolute Gasteiger partial charge is 0.309 e. The fourth-order valence-corrected chi connectivity index (χ4v) is 9.05. The molecule has 2 heterocycles. The van der Waals surface area contributed by atoms with Gasteiger partial charge in [-0.25, -0.2) is 0 Å². The topological polar surface area (TPSA) is 153 Å². The fourth-order valence-electron chi connectivity index (χ4n) is 9.05. The molecule has 0 amide bonds. The molecule has 0 aliphatic carbocycles. The molecule has 0 aliphatic heterocycles. The Hall–Kier alpha value is -9.91. The van der Waals surface area contributed by atoms with Gasteiger partial charge in [0.15, 0.2) is 0 Å². The first-order valence-electron chi connectivity index (χ1n) is 20.2. The zero-order chi connectivity index (χ0) is 45.9. The molecule has 10 aromatic rings. The number of alkyl halides is 3. The molecule has 10 rings (SSSR count). The van der Waals surface area contributed by atoms with Gasteiger partial charge in [0.25, 0.3) is 0 Å². The zero-order valence-electron chi connectivity index (χ0n) is 34.1. The van der Waals surface area contributed by atoms with Crippen molar-refractivity contribution in [2.45, 2.75) is 6.18 Å². The average molecular weight is 855 g/mol. The maximum absolute atomic E-state index is 15.4. The molecule has 66 heavy (non-hydrogen) atoms. The van der Waals surface area contributed by atoms with Gasteiger partial charge in [0.1, 0.15) is 6.07 Å². The van der Waals surface area contributed by atoms with Gasteiger partial charge >= 0.3 is 6.18 Å². The number of benzene rings is 8. The Morgan fingerprint density at radius 1 is 0.348 bits per heavy atom. The number of fused-ring (bicyclic) bond motifs is 6. The molecule has 0 saturated carbocycles. The number of nitriles is 6. The number of aromatic nitrogens is 2. The molecule has 0 unspecified atom stereocenters. The molecule has 0 radical (unpaired) electrons. The van der Waals surface area contributed by atoms with Gasteiger partial charge in [-0.05, 0) is 101 Å². The minimum absolute atomic E-state index is 0.103. The largest absolute Gasteiger partial charge is 0.417 e. The van der Waals surface area contributed by atoms with Crippen molar-refractivity contribution in [1.29, 1.82) is 31.6 Å². The van der Waals surface area contributed by atoms with E-state index in [-0.39, 0.29) is 44.8 Å². The lowest BCUT2D eigenvalue weighted by molar-refractivity contribution is -0.137. The van der Waals surface area contributed by atoms with Gasteiger partial charge in [0, 0.05) is 27.1 Å². The molecule has 2 aromatic heterocycles. The van der Waals surface area contributed by atoms with Crippen molar-refractivity contribution in [3.05, 3.63) is 191 Å². The van der Waals surface area contributed by atoms with E-state index >= 15 is 13.2 Å². The molecule has 0 saturated heterocycles. The number of para-hydroxylation sites is 2. The average Bonchev–Trinajstić information content (AvgIpc) is 3.86. The molecular weight excluding hydrogens is 830 g/mol. The number of nitrogens with zero attached hydrogens (tertiary/aromatic N) is 8. The third-order valence-electron chi connectivity index (χ3n) is 12.0. The van der Waals surface area contributed by atoms with Gasteiger partial charge in [-0.2, -0.15) is 44.7 Å². The second kappa shape index (κ2) is 15.5. The van der Waals surface area contributed by atoms with Crippen molar-refractivity contribution >= 4 is 43.6 Å². The van der Waals surface area contributed by atoms with E-state index in [0.29, 0.717) is 55.4 Å². The SMILES string of the molecule is N#Cc1ccc(-c2ccc3c4ccccc4n(-c4cc(-c5ccc(C#N)cc5C(F)(F)F)c(-n5c6ccccc6c6ccc(-c7ccc(C#N)cc7C#N)cc65)cc4C#N)c3c2)c(C#N)c1. The highest BCUT2D eigenvalue weighted by Crippen LogP contribution is 2.45. The summed E-state index contributed by atoms with van der Waals surface area (Å²) in [7, 11) is 0. The predicted molar refractivity (Wildman–Crippen MR) is 245 cm³/mol.